The Morgan fingerprint density at radius 3 is 2.50 bits per heavy atom. The average Bonchev–Trinajstić information content (AvgIpc) is 2.12. The maximum Gasteiger partial charge on any atom is 0.168 e. The van der Waals surface area contributed by atoms with Gasteiger partial charge < -0.3 is 9.47 Å². The minimum Gasteiger partial charge on any atom is -0.482 e. The van der Waals surface area contributed by atoms with Crippen LogP contribution in [0, 0.1) is 11.6 Å². The zero-order chi connectivity index (χ0) is 11.7. The first-order valence-corrected chi connectivity index (χ1v) is 5.31. The van der Waals surface area contributed by atoms with Crippen molar-refractivity contribution in [1.29, 1.82) is 0 Å². The summed E-state index contributed by atoms with van der Waals surface area (Å²) in [6.07, 6.45) is -0.113. The highest BCUT2D eigenvalue weighted by molar-refractivity contribution is 5.38. The molecule has 0 radical (unpaired) electrons. The Bertz CT molecular complexity index is 387. The van der Waals surface area contributed by atoms with Gasteiger partial charge in [-0.15, -0.1) is 0 Å². The van der Waals surface area contributed by atoms with Crippen LogP contribution in [0.2, 0.25) is 0 Å². The molecule has 0 saturated carbocycles. The molecule has 1 aromatic carbocycles. The van der Waals surface area contributed by atoms with E-state index in [1.807, 2.05) is 13.8 Å². The molecule has 1 fully saturated rings. The smallest absolute Gasteiger partial charge is 0.168 e. The van der Waals surface area contributed by atoms with Crippen LogP contribution < -0.4 is 4.74 Å². The van der Waals surface area contributed by atoms with Gasteiger partial charge >= 0.3 is 0 Å². The van der Waals surface area contributed by atoms with E-state index >= 15 is 0 Å². The monoisotopic (exact) mass is 228 g/mol. The van der Waals surface area contributed by atoms with Gasteiger partial charge in [-0.25, -0.2) is 8.78 Å². The topological polar surface area (TPSA) is 18.5 Å². The minimum absolute atomic E-state index is 0.0150. The van der Waals surface area contributed by atoms with Crippen molar-refractivity contribution in [2.45, 2.75) is 25.9 Å². The first-order valence-electron chi connectivity index (χ1n) is 5.31. The molecule has 0 aromatic heterocycles. The van der Waals surface area contributed by atoms with Crippen molar-refractivity contribution in [2.24, 2.45) is 0 Å². The summed E-state index contributed by atoms with van der Waals surface area (Å²) in [4.78, 5) is 0. The Labute approximate surface area is 93.2 Å². The lowest BCUT2D eigenvalue weighted by molar-refractivity contribution is -0.0813. The van der Waals surface area contributed by atoms with Gasteiger partial charge in [-0.05, 0) is 12.0 Å². The Balaban J connectivity index is 2.32. The van der Waals surface area contributed by atoms with Crippen LogP contribution in [0.3, 0.4) is 0 Å². The quantitative estimate of drug-likeness (QED) is 0.792. The first kappa shape index (κ1) is 11.3. The molecule has 16 heavy (non-hydrogen) atoms. The van der Waals surface area contributed by atoms with Crippen LogP contribution in [-0.2, 0) is 4.74 Å². The van der Waals surface area contributed by atoms with E-state index in [1.165, 1.54) is 6.07 Å². The van der Waals surface area contributed by atoms with E-state index in [0.29, 0.717) is 18.8 Å². The molecule has 2 rings (SSSR count). The summed E-state index contributed by atoms with van der Waals surface area (Å²) in [7, 11) is 0. The van der Waals surface area contributed by atoms with Gasteiger partial charge in [0, 0.05) is 11.6 Å². The van der Waals surface area contributed by atoms with Gasteiger partial charge in [-0.1, -0.05) is 13.8 Å². The fourth-order valence-electron chi connectivity index (χ4n) is 1.58. The molecular formula is C12H14F2O2. The Morgan fingerprint density at radius 2 is 2.00 bits per heavy atom. The second-order valence-corrected chi connectivity index (χ2v) is 4.24. The van der Waals surface area contributed by atoms with Crippen LogP contribution >= 0.6 is 0 Å². The SMILES string of the molecule is CC(C)c1cc(F)cc(F)c1OC1COC1. The largest absolute Gasteiger partial charge is 0.482 e. The third-order valence-corrected chi connectivity index (χ3v) is 2.55. The Morgan fingerprint density at radius 1 is 1.31 bits per heavy atom. The van der Waals surface area contributed by atoms with E-state index in [4.69, 9.17) is 9.47 Å². The van der Waals surface area contributed by atoms with E-state index in [2.05, 4.69) is 0 Å². The molecular weight excluding hydrogens is 214 g/mol. The van der Waals surface area contributed by atoms with Crippen LogP contribution in [-0.4, -0.2) is 19.3 Å². The molecule has 1 heterocycles. The van der Waals surface area contributed by atoms with Crippen LogP contribution in [0.4, 0.5) is 8.78 Å². The normalized spacial score (nSPS) is 16.3. The highest BCUT2D eigenvalue weighted by Gasteiger charge is 2.24. The molecule has 4 heteroatoms. The molecule has 88 valence electrons. The minimum atomic E-state index is -0.643. The lowest BCUT2D eigenvalue weighted by Crippen LogP contribution is -2.39. The van der Waals surface area contributed by atoms with Crippen molar-refractivity contribution in [2.75, 3.05) is 13.2 Å². The van der Waals surface area contributed by atoms with E-state index in [0.717, 1.165) is 6.07 Å². The van der Waals surface area contributed by atoms with Crippen molar-refractivity contribution in [1.82, 2.24) is 0 Å². The maximum absolute atomic E-state index is 13.6. The van der Waals surface area contributed by atoms with Crippen molar-refractivity contribution < 1.29 is 18.3 Å². The molecule has 1 saturated heterocycles. The van der Waals surface area contributed by atoms with Gasteiger partial charge in [-0.2, -0.15) is 0 Å². The van der Waals surface area contributed by atoms with E-state index in [-0.39, 0.29) is 17.8 Å². The van der Waals surface area contributed by atoms with E-state index < -0.39 is 11.6 Å². The zero-order valence-electron chi connectivity index (χ0n) is 9.30. The standard InChI is InChI=1S/C12H14F2O2/c1-7(2)10-3-8(13)4-11(14)12(10)16-9-5-15-6-9/h3-4,7,9H,5-6H2,1-2H3. The fourth-order valence-corrected chi connectivity index (χ4v) is 1.58. The number of benzene rings is 1. The highest BCUT2D eigenvalue weighted by atomic mass is 19.1. The number of hydrogen-bond acceptors (Lipinski definition) is 2. The maximum atomic E-state index is 13.6. The van der Waals surface area contributed by atoms with Gasteiger partial charge in [0.15, 0.2) is 11.6 Å². The van der Waals surface area contributed by atoms with Crippen LogP contribution in [0.1, 0.15) is 25.3 Å². The molecule has 0 spiro atoms. The van der Waals surface area contributed by atoms with Crippen LogP contribution in [0.15, 0.2) is 12.1 Å². The first-order chi connectivity index (χ1) is 7.58. The molecule has 2 nitrogen and oxygen atoms in total. The summed E-state index contributed by atoms with van der Waals surface area (Å²) < 4.78 is 37.1. The van der Waals surface area contributed by atoms with Gasteiger partial charge in [0.25, 0.3) is 0 Å². The van der Waals surface area contributed by atoms with Crippen molar-refractivity contribution in [3.63, 3.8) is 0 Å². The third-order valence-electron chi connectivity index (χ3n) is 2.55. The second kappa shape index (κ2) is 4.37. The molecule has 0 atom stereocenters. The second-order valence-electron chi connectivity index (χ2n) is 4.24. The van der Waals surface area contributed by atoms with Crippen molar-refractivity contribution in [3.05, 3.63) is 29.3 Å². The lowest BCUT2D eigenvalue weighted by atomic mass is 10.0. The molecule has 0 amide bonds. The summed E-state index contributed by atoms with van der Waals surface area (Å²) in [6, 6.07) is 2.17. The summed E-state index contributed by atoms with van der Waals surface area (Å²) in [6.45, 7) is 4.68. The van der Waals surface area contributed by atoms with Gasteiger partial charge in [0.2, 0.25) is 0 Å². The van der Waals surface area contributed by atoms with Crippen molar-refractivity contribution >= 4 is 0 Å². The fraction of sp³-hybridized carbons (Fsp3) is 0.500. The molecule has 0 unspecified atom stereocenters. The van der Waals surface area contributed by atoms with Gasteiger partial charge in [-0.3, -0.25) is 0 Å². The van der Waals surface area contributed by atoms with E-state index in [1.54, 1.807) is 0 Å². The molecule has 1 aliphatic heterocycles. The third kappa shape index (κ3) is 2.16. The lowest BCUT2D eigenvalue weighted by Gasteiger charge is -2.28. The zero-order valence-corrected chi connectivity index (χ0v) is 9.30. The summed E-state index contributed by atoms with van der Waals surface area (Å²) in [5.74, 6) is -1.04. The Hall–Kier alpha value is -1.16. The van der Waals surface area contributed by atoms with E-state index in [9.17, 15) is 8.78 Å². The highest BCUT2D eigenvalue weighted by Crippen LogP contribution is 2.31. The number of hydrogen-bond donors (Lipinski definition) is 0. The number of ether oxygens (including phenoxy) is 2. The summed E-state index contributed by atoms with van der Waals surface area (Å²) in [5, 5.41) is 0. The van der Waals surface area contributed by atoms with Gasteiger partial charge in [0.05, 0.1) is 13.2 Å². The molecule has 0 N–H and O–H groups in total. The number of halogens is 2. The molecule has 0 bridgehead atoms. The number of rotatable bonds is 3. The molecule has 0 aliphatic carbocycles. The summed E-state index contributed by atoms with van der Waals surface area (Å²) >= 11 is 0. The van der Waals surface area contributed by atoms with Crippen LogP contribution in [0.25, 0.3) is 0 Å². The van der Waals surface area contributed by atoms with Gasteiger partial charge in [0.1, 0.15) is 11.9 Å². The molecule has 1 aromatic rings. The predicted molar refractivity (Wildman–Crippen MR) is 55.7 cm³/mol. The van der Waals surface area contributed by atoms with Crippen LogP contribution in [0.5, 0.6) is 5.75 Å². The Kier molecular flexibility index (Phi) is 3.10. The average molecular weight is 228 g/mol. The predicted octanol–water partition coefficient (Wildman–Crippen LogP) is 2.87. The van der Waals surface area contributed by atoms with Crippen molar-refractivity contribution in [3.8, 4) is 5.75 Å². The summed E-state index contributed by atoms with van der Waals surface area (Å²) in [5.41, 5.74) is 0.560. The molecule has 1 aliphatic rings.